The van der Waals surface area contributed by atoms with E-state index >= 15 is 0 Å². The van der Waals surface area contributed by atoms with Crippen LogP contribution < -0.4 is 20.3 Å². The van der Waals surface area contributed by atoms with Crippen molar-refractivity contribution in [1.82, 2.24) is 20.3 Å². The Hall–Kier alpha value is -3.96. The number of hydrogen-bond donors (Lipinski definition) is 1. The first-order chi connectivity index (χ1) is 18.1. The molecular weight excluding hydrogens is 532 g/mol. The van der Waals surface area contributed by atoms with E-state index in [1.54, 1.807) is 44.2 Å². The highest BCUT2D eigenvalue weighted by atomic mass is 35.5. The van der Waals surface area contributed by atoms with E-state index in [-0.39, 0.29) is 24.6 Å². The number of carbonyl (C=O) groups is 2. The molecule has 0 saturated carbocycles. The first-order valence-corrected chi connectivity index (χ1v) is 12.7. The first-order valence-electron chi connectivity index (χ1n) is 11.5. The highest BCUT2D eigenvalue weighted by Crippen LogP contribution is 2.33. The van der Waals surface area contributed by atoms with Gasteiger partial charge in [-0.3, -0.25) is 14.4 Å². The predicted molar refractivity (Wildman–Crippen MR) is 144 cm³/mol. The molecule has 0 aliphatic heterocycles. The Bertz CT molecular complexity index is 1550. The number of halogens is 1. The van der Waals surface area contributed by atoms with Gasteiger partial charge in [0.2, 0.25) is 5.91 Å². The number of nitrogens with zero attached hydrogens (tertiary/aromatic N) is 3. The number of ether oxygens (including phenoxy) is 3. The van der Waals surface area contributed by atoms with Gasteiger partial charge in [-0.05, 0) is 49.7 Å². The molecule has 2 heterocycles. The monoisotopic (exact) mass is 556 g/mol. The molecule has 0 saturated heterocycles. The minimum Gasteiger partial charge on any atom is -0.493 e. The first kappa shape index (κ1) is 27.1. The molecule has 2 aromatic heterocycles. The lowest BCUT2D eigenvalue weighted by molar-refractivity contribution is -0.158. The summed E-state index contributed by atoms with van der Waals surface area (Å²) in [5.41, 5.74) is 0.575. The molecular formula is C26H25ClN4O6S. The molecule has 1 amide bonds. The molecule has 1 N–H and O–H groups in total. The van der Waals surface area contributed by atoms with Crippen LogP contribution >= 0.6 is 22.9 Å². The fourth-order valence-corrected chi connectivity index (χ4v) is 4.64. The molecule has 4 rings (SSSR count). The van der Waals surface area contributed by atoms with Gasteiger partial charge < -0.3 is 19.5 Å². The molecule has 0 unspecified atom stereocenters. The summed E-state index contributed by atoms with van der Waals surface area (Å²) >= 11 is 7.31. The Morgan fingerprint density at radius 3 is 2.53 bits per heavy atom. The molecule has 0 atom stereocenters. The summed E-state index contributed by atoms with van der Waals surface area (Å²) in [6.07, 6.45) is 0. The molecule has 198 valence electrons. The van der Waals surface area contributed by atoms with Gasteiger partial charge in [-0.15, -0.1) is 16.4 Å². The third-order valence-electron chi connectivity index (χ3n) is 5.31. The van der Waals surface area contributed by atoms with Gasteiger partial charge in [-0.2, -0.15) is 4.68 Å². The van der Waals surface area contributed by atoms with Crippen molar-refractivity contribution in [1.29, 1.82) is 0 Å². The van der Waals surface area contributed by atoms with Gasteiger partial charge in [0, 0.05) is 22.9 Å². The van der Waals surface area contributed by atoms with Crippen LogP contribution in [-0.2, 0) is 14.3 Å². The molecule has 2 aromatic carbocycles. The Balaban J connectivity index is 1.54. The number of rotatable bonds is 9. The van der Waals surface area contributed by atoms with Crippen molar-refractivity contribution < 1.29 is 23.8 Å². The summed E-state index contributed by atoms with van der Waals surface area (Å²) in [4.78, 5) is 37.1. The fourth-order valence-electron chi connectivity index (χ4n) is 3.49. The van der Waals surface area contributed by atoms with E-state index in [4.69, 9.17) is 25.8 Å². The number of amides is 1. The van der Waals surface area contributed by atoms with E-state index < -0.39 is 11.6 Å². The van der Waals surface area contributed by atoms with E-state index in [9.17, 15) is 14.4 Å². The highest BCUT2D eigenvalue weighted by Gasteiger charge is 2.25. The van der Waals surface area contributed by atoms with Crippen molar-refractivity contribution in [2.45, 2.75) is 26.4 Å². The van der Waals surface area contributed by atoms with Crippen LogP contribution in [0.3, 0.4) is 0 Å². The smallest absolute Gasteiger partial charge is 0.326 e. The molecule has 0 aliphatic rings. The average molecular weight is 557 g/mol. The number of aromatic nitrogens is 3. The van der Waals surface area contributed by atoms with Crippen LogP contribution in [0.25, 0.3) is 26.3 Å². The maximum absolute atomic E-state index is 13.3. The number of hydrogen-bond acceptors (Lipinski definition) is 9. The van der Waals surface area contributed by atoms with E-state index in [1.807, 2.05) is 18.2 Å². The van der Waals surface area contributed by atoms with Crippen molar-refractivity contribution in [2.24, 2.45) is 0 Å². The number of carbonyl (C=O) groups excluding carboxylic acids is 2. The van der Waals surface area contributed by atoms with Gasteiger partial charge >= 0.3 is 5.97 Å². The van der Waals surface area contributed by atoms with Gasteiger partial charge in [0.25, 0.3) is 5.56 Å². The van der Waals surface area contributed by atoms with Crippen LogP contribution in [0, 0.1) is 0 Å². The Labute approximate surface area is 227 Å². The van der Waals surface area contributed by atoms with Crippen LogP contribution in [0.15, 0.2) is 53.3 Å². The predicted octanol–water partition coefficient (Wildman–Crippen LogP) is 4.01. The quantitative estimate of drug-likeness (QED) is 0.307. The molecule has 38 heavy (non-hydrogen) atoms. The highest BCUT2D eigenvalue weighted by molar-refractivity contribution is 7.22. The van der Waals surface area contributed by atoms with E-state index in [1.165, 1.54) is 30.1 Å². The summed E-state index contributed by atoms with van der Waals surface area (Å²) in [5, 5.41) is 11.4. The lowest BCUT2D eigenvalue weighted by Crippen LogP contribution is -2.39. The maximum atomic E-state index is 13.3. The average Bonchev–Trinajstić information content (AvgIpc) is 3.32. The van der Waals surface area contributed by atoms with Gasteiger partial charge in [-0.1, -0.05) is 28.9 Å². The zero-order valence-electron chi connectivity index (χ0n) is 21.1. The zero-order chi connectivity index (χ0) is 27.4. The molecule has 12 heteroatoms. The lowest BCUT2D eigenvalue weighted by atomic mass is 10.1. The van der Waals surface area contributed by atoms with Crippen molar-refractivity contribution in [3.05, 3.63) is 63.9 Å². The zero-order valence-corrected chi connectivity index (χ0v) is 22.7. The molecule has 4 aromatic rings. The Morgan fingerprint density at radius 2 is 1.84 bits per heavy atom. The SMILES string of the molecule is COc1cc(-n2nnc3cc(-c4ccc(Cl)cc4)sc3c2=O)ccc1OCC(C)(C)OC(=O)CNC(C)=O. The number of nitrogens with one attached hydrogen (secondary N) is 1. The van der Waals surface area contributed by atoms with E-state index in [2.05, 4.69) is 15.6 Å². The minimum absolute atomic E-state index is 0.0168. The fraction of sp³-hybridized carbons (Fsp3) is 0.269. The Kier molecular flexibility index (Phi) is 7.98. The molecule has 0 spiro atoms. The van der Waals surface area contributed by atoms with Crippen molar-refractivity contribution in [3.8, 4) is 27.6 Å². The standard InChI is InChI=1S/C26H25ClN4O6S/c1-15(32)28-13-23(33)37-26(2,3)14-36-20-10-9-18(11-21(20)35-4)31-25(34)24-19(29-30-31)12-22(38-24)16-5-7-17(27)8-6-16/h5-12H,13-14H2,1-4H3,(H,28,32). The second-order valence-corrected chi connectivity index (χ2v) is 10.4. The summed E-state index contributed by atoms with van der Waals surface area (Å²) in [6.45, 7) is 4.46. The van der Waals surface area contributed by atoms with Crippen LogP contribution in [0.1, 0.15) is 20.8 Å². The van der Waals surface area contributed by atoms with Gasteiger partial charge in [0.1, 0.15) is 29.0 Å². The van der Waals surface area contributed by atoms with E-state index in [0.29, 0.717) is 32.4 Å². The van der Waals surface area contributed by atoms with Crippen molar-refractivity contribution in [2.75, 3.05) is 20.3 Å². The van der Waals surface area contributed by atoms with Crippen LogP contribution in [0.2, 0.25) is 5.02 Å². The number of methoxy groups -OCH3 is 1. The second-order valence-electron chi connectivity index (χ2n) is 8.91. The van der Waals surface area contributed by atoms with Crippen LogP contribution in [0.4, 0.5) is 0 Å². The third-order valence-corrected chi connectivity index (χ3v) is 6.72. The number of fused-ring (bicyclic) bond motifs is 1. The van der Waals surface area contributed by atoms with Gasteiger partial charge in [0.05, 0.1) is 12.8 Å². The largest absolute Gasteiger partial charge is 0.493 e. The summed E-state index contributed by atoms with van der Waals surface area (Å²) in [7, 11) is 1.47. The van der Waals surface area contributed by atoms with E-state index in [0.717, 1.165) is 10.4 Å². The minimum atomic E-state index is -0.979. The van der Waals surface area contributed by atoms with Crippen LogP contribution in [-0.4, -0.2) is 52.7 Å². The van der Waals surface area contributed by atoms with Crippen molar-refractivity contribution in [3.63, 3.8) is 0 Å². The third kappa shape index (κ3) is 6.29. The lowest BCUT2D eigenvalue weighted by Gasteiger charge is -2.25. The normalized spacial score (nSPS) is 11.3. The second kappa shape index (κ2) is 11.2. The topological polar surface area (TPSA) is 122 Å². The number of benzene rings is 2. The molecule has 0 bridgehead atoms. The molecule has 0 radical (unpaired) electrons. The maximum Gasteiger partial charge on any atom is 0.326 e. The summed E-state index contributed by atoms with van der Waals surface area (Å²) < 4.78 is 18.4. The summed E-state index contributed by atoms with van der Waals surface area (Å²) in [6, 6.07) is 14.1. The molecule has 0 fully saturated rings. The van der Waals surface area contributed by atoms with Gasteiger partial charge in [0.15, 0.2) is 11.5 Å². The van der Waals surface area contributed by atoms with Gasteiger partial charge in [-0.25, -0.2) is 0 Å². The summed E-state index contributed by atoms with van der Waals surface area (Å²) in [5.74, 6) is -0.183. The van der Waals surface area contributed by atoms with Crippen molar-refractivity contribution >= 4 is 45.0 Å². The Morgan fingerprint density at radius 1 is 1.11 bits per heavy atom. The molecule has 10 nitrogen and oxygen atoms in total. The molecule has 0 aliphatic carbocycles. The number of thiophene rings is 1. The van der Waals surface area contributed by atoms with Crippen LogP contribution in [0.5, 0.6) is 11.5 Å². The number of esters is 1.